The van der Waals surface area contributed by atoms with Crippen LogP contribution in [0.5, 0.6) is 0 Å². The molecule has 1 aromatic carbocycles. The van der Waals surface area contributed by atoms with E-state index in [0.29, 0.717) is 5.69 Å². The Morgan fingerprint density at radius 3 is 2.36 bits per heavy atom. The maximum atomic E-state index is 13.2. The zero-order valence-corrected chi connectivity index (χ0v) is 12.5. The van der Waals surface area contributed by atoms with Gasteiger partial charge in [0.1, 0.15) is 0 Å². The number of amides is 1. The average Bonchev–Trinajstić information content (AvgIpc) is 2.60. The molecule has 0 spiro atoms. The molecule has 0 radical (unpaired) electrons. The largest absolute Gasteiger partial charge is 0.435 e. The fourth-order valence-electron chi connectivity index (χ4n) is 2.02. The number of nitrogens with one attached hydrogen (secondary N) is 1. The lowest BCUT2D eigenvalue weighted by Gasteiger charge is -2.11. The van der Waals surface area contributed by atoms with Crippen molar-refractivity contribution in [3.63, 3.8) is 0 Å². The summed E-state index contributed by atoms with van der Waals surface area (Å²) in [6, 6.07) is 11.0. The topological polar surface area (TPSA) is 80.1 Å². The number of alkyl halides is 3. The van der Waals surface area contributed by atoms with Crippen molar-refractivity contribution in [1.82, 2.24) is 20.4 Å². The first-order chi connectivity index (χ1) is 11.9. The molecular weight excluding hydrogens is 335 g/mol. The van der Waals surface area contributed by atoms with Crippen LogP contribution in [-0.4, -0.2) is 27.1 Å². The number of pyridine rings is 1. The summed E-state index contributed by atoms with van der Waals surface area (Å²) in [5, 5.41) is 3.60. The second-order valence-corrected chi connectivity index (χ2v) is 4.86. The van der Waals surface area contributed by atoms with Gasteiger partial charge >= 0.3 is 6.18 Å². The summed E-state index contributed by atoms with van der Waals surface area (Å²) in [5.41, 5.74) is 0.459. The Kier molecular flexibility index (Phi) is 4.38. The van der Waals surface area contributed by atoms with E-state index in [1.807, 2.05) is 5.43 Å². The molecule has 0 bridgehead atoms. The highest BCUT2D eigenvalue weighted by Crippen LogP contribution is 2.30. The van der Waals surface area contributed by atoms with Crippen LogP contribution in [-0.2, 0) is 6.18 Å². The minimum Gasteiger partial charge on any atom is -0.265 e. The molecule has 0 saturated carbocycles. The van der Waals surface area contributed by atoms with Crippen LogP contribution in [0.4, 0.5) is 13.2 Å². The molecule has 25 heavy (non-hydrogen) atoms. The van der Waals surface area contributed by atoms with Crippen LogP contribution in [0.2, 0.25) is 0 Å². The van der Waals surface area contributed by atoms with E-state index in [4.69, 9.17) is 0 Å². The van der Waals surface area contributed by atoms with Gasteiger partial charge in [-0.1, -0.05) is 18.2 Å². The summed E-state index contributed by atoms with van der Waals surface area (Å²) in [5.74, 6) is -1.11. The van der Waals surface area contributed by atoms with Gasteiger partial charge < -0.3 is 0 Å². The van der Waals surface area contributed by atoms with Crippen molar-refractivity contribution in [2.75, 3.05) is 0 Å². The predicted octanol–water partition coefficient (Wildman–Crippen LogP) is 2.81. The monoisotopic (exact) mass is 345 g/mol. The highest BCUT2D eigenvalue weighted by atomic mass is 19.4. The van der Waals surface area contributed by atoms with Crippen LogP contribution in [0.15, 0.2) is 53.8 Å². The number of aromatic nitrogens is 3. The molecule has 1 amide bonds. The number of benzene rings is 1. The van der Waals surface area contributed by atoms with Gasteiger partial charge in [-0.3, -0.25) is 9.78 Å². The van der Waals surface area contributed by atoms with E-state index in [1.165, 1.54) is 30.6 Å². The van der Waals surface area contributed by atoms with Crippen LogP contribution in [0.3, 0.4) is 0 Å². The third kappa shape index (κ3) is 3.77. The van der Waals surface area contributed by atoms with E-state index in [-0.39, 0.29) is 11.0 Å². The summed E-state index contributed by atoms with van der Waals surface area (Å²) in [6.07, 6.45) is -2.10. The number of hydrogen-bond donors (Lipinski definition) is 1. The second-order valence-electron chi connectivity index (χ2n) is 4.86. The highest BCUT2D eigenvalue weighted by molar-refractivity contribution is 5.95. The van der Waals surface area contributed by atoms with Gasteiger partial charge in [-0.2, -0.15) is 18.3 Å². The van der Waals surface area contributed by atoms with E-state index in [0.717, 1.165) is 0 Å². The molecular formula is C16H10F3N5O. The molecule has 9 heteroatoms. The molecule has 2 aromatic heterocycles. The summed E-state index contributed by atoms with van der Waals surface area (Å²) in [4.78, 5) is 23.3. The lowest BCUT2D eigenvalue weighted by atomic mass is 10.2. The van der Waals surface area contributed by atoms with Crippen LogP contribution < -0.4 is 5.43 Å². The van der Waals surface area contributed by atoms with Gasteiger partial charge in [0.25, 0.3) is 5.91 Å². The number of halogens is 3. The van der Waals surface area contributed by atoms with Gasteiger partial charge in [0.15, 0.2) is 11.4 Å². The number of nitrogens with zero attached hydrogens (tertiary/aromatic N) is 4. The Bertz CT molecular complexity index is 941. The SMILES string of the molecule is O=C(NN=Cc1ccccn1)c1nc2ccccc2nc1C(F)(F)F. The molecule has 2 heterocycles. The average molecular weight is 345 g/mol. The lowest BCUT2D eigenvalue weighted by molar-refractivity contribution is -0.141. The van der Waals surface area contributed by atoms with Crippen LogP contribution in [0.25, 0.3) is 11.0 Å². The number of rotatable bonds is 3. The minimum atomic E-state index is -4.82. The molecule has 0 saturated heterocycles. The van der Waals surface area contributed by atoms with Gasteiger partial charge in [0, 0.05) is 6.20 Å². The van der Waals surface area contributed by atoms with E-state index >= 15 is 0 Å². The zero-order chi connectivity index (χ0) is 17.9. The quantitative estimate of drug-likeness (QED) is 0.585. The van der Waals surface area contributed by atoms with Gasteiger partial charge in [0.2, 0.25) is 0 Å². The van der Waals surface area contributed by atoms with Gasteiger partial charge in [-0.05, 0) is 24.3 Å². The van der Waals surface area contributed by atoms with E-state index in [9.17, 15) is 18.0 Å². The summed E-state index contributed by atoms with van der Waals surface area (Å²) >= 11 is 0. The molecule has 0 aliphatic rings. The number of hydrazone groups is 1. The van der Waals surface area contributed by atoms with Crippen LogP contribution in [0, 0.1) is 0 Å². The molecule has 1 N–H and O–H groups in total. The van der Waals surface area contributed by atoms with Crippen LogP contribution >= 0.6 is 0 Å². The van der Waals surface area contributed by atoms with Crippen molar-refractivity contribution < 1.29 is 18.0 Å². The molecule has 126 valence electrons. The zero-order valence-electron chi connectivity index (χ0n) is 12.5. The standard InChI is InChI=1S/C16H10F3N5O/c17-16(18,19)14-13(22-11-6-1-2-7-12(11)23-14)15(25)24-21-9-10-5-3-4-8-20-10/h1-9H,(H,24,25). The molecule has 0 aliphatic carbocycles. The smallest absolute Gasteiger partial charge is 0.265 e. The number of fused-ring (bicyclic) bond motifs is 1. The minimum absolute atomic E-state index is 0.0448. The van der Waals surface area contributed by atoms with Crippen molar-refractivity contribution in [2.24, 2.45) is 5.10 Å². The number of hydrogen-bond acceptors (Lipinski definition) is 5. The third-order valence-electron chi connectivity index (χ3n) is 3.10. The van der Waals surface area contributed by atoms with Crippen LogP contribution in [0.1, 0.15) is 21.9 Å². The van der Waals surface area contributed by atoms with Crippen molar-refractivity contribution >= 4 is 23.2 Å². The van der Waals surface area contributed by atoms with Gasteiger partial charge in [0.05, 0.1) is 22.9 Å². The summed E-state index contributed by atoms with van der Waals surface area (Å²) < 4.78 is 39.6. The maximum absolute atomic E-state index is 13.2. The fraction of sp³-hybridized carbons (Fsp3) is 0.0625. The molecule has 3 rings (SSSR count). The predicted molar refractivity (Wildman–Crippen MR) is 83.8 cm³/mol. The highest BCUT2D eigenvalue weighted by Gasteiger charge is 2.38. The molecule has 0 fully saturated rings. The first-order valence-electron chi connectivity index (χ1n) is 7.03. The van der Waals surface area contributed by atoms with Crippen molar-refractivity contribution in [3.8, 4) is 0 Å². The first-order valence-corrected chi connectivity index (χ1v) is 7.03. The van der Waals surface area contributed by atoms with Gasteiger partial charge in [-0.25, -0.2) is 15.4 Å². The summed E-state index contributed by atoms with van der Waals surface area (Å²) in [6.45, 7) is 0. The molecule has 6 nitrogen and oxygen atoms in total. The molecule has 0 unspecified atom stereocenters. The van der Waals surface area contributed by atoms with E-state index in [2.05, 4.69) is 20.1 Å². The second kappa shape index (κ2) is 6.63. The third-order valence-corrected chi connectivity index (χ3v) is 3.10. The maximum Gasteiger partial charge on any atom is 0.435 e. The normalized spacial score (nSPS) is 11.8. The Morgan fingerprint density at radius 1 is 1.04 bits per heavy atom. The Balaban J connectivity index is 1.93. The Labute approximate surface area is 139 Å². The number of carbonyl (C=O) groups is 1. The Morgan fingerprint density at radius 2 is 1.72 bits per heavy atom. The van der Waals surface area contributed by atoms with Crippen molar-refractivity contribution in [3.05, 3.63) is 65.7 Å². The van der Waals surface area contributed by atoms with E-state index in [1.54, 1.807) is 24.3 Å². The van der Waals surface area contributed by atoms with E-state index < -0.39 is 23.5 Å². The van der Waals surface area contributed by atoms with Crippen molar-refractivity contribution in [2.45, 2.75) is 6.18 Å². The number of carbonyl (C=O) groups excluding carboxylic acids is 1. The first kappa shape index (κ1) is 16.5. The molecule has 0 atom stereocenters. The lowest BCUT2D eigenvalue weighted by Crippen LogP contribution is -2.25. The van der Waals surface area contributed by atoms with Gasteiger partial charge in [-0.15, -0.1) is 0 Å². The van der Waals surface area contributed by atoms with Crippen molar-refractivity contribution in [1.29, 1.82) is 0 Å². The molecule has 0 aliphatic heterocycles. The summed E-state index contributed by atoms with van der Waals surface area (Å²) in [7, 11) is 0. The Hall–Kier alpha value is -3.36. The fourth-order valence-corrected chi connectivity index (χ4v) is 2.02. The molecule has 3 aromatic rings. The number of para-hydroxylation sites is 2.